The zero-order chi connectivity index (χ0) is 25.7. The fourth-order valence-electron chi connectivity index (χ4n) is 3.47. The Labute approximate surface area is 201 Å². The number of carboxylic acid groups (broad SMARTS) is 1. The van der Waals surface area contributed by atoms with Crippen LogP contribution < -0.4 is 20.9 Å². The van der Waals surface area contributed by atoms with Gasteiger partial charge in [-0.3, -0.25) is 0 Å². The van der Waals surface area contributed by atoms with Crippen LogP contribution in [0.1, 0.15) is 0 Å². The molecule has 0 saturated carbocycles. The third-order valence-electron chi connectivity index (χ3n) is 5.07. The number of carbonyl (C=O) groups excluding carboxylic acids is 1. The second-order valence-electron chi connectivity index (χ2n) is 7.69. The van der Waals surface area contributed by atoms with Crippen molar-refractivity contribution in [3.8, 4) is 11.4 Å². The maximum Gasteiger partial charge on any atom is 0.408 e. The summed E-state index contributed by atoms with van der Waals surface area (Å²) in [4.78, 5) is 33.1. The molecule has 192 valence electrons. The van der Waals surface area contributed by atoms with Crippen molar-refractivity contribution in [1.29, 1.82) is 0 Å². The summed E-state index contributed by atoms with van der Waals surface area (Å²) in [7, 11) is 0. The number of halogens is 3. The van der Waals surface area contributed by atoms with Crippen molar-refractivity contribution in [3.63, 3.8) is 0 Å². The molecule has 0 spiro atoms. The molecule has 3 amide bonds. The van der Waals surface area contributed by atoms with Gasteiger partial charge in [-0.15, -0.1) is 5.10 Å². The van der Waals surface area contributed by atoms with Gasteiger partial charge in [0.25, 0.3) is 0 Å². The van der Waals surface area contributed by atoms with Gasteiger partial charge in [0.2, 0.25) is 0 Å². The molecule has 36 heavy (non-hydrogen) atoms. The van der Waals surface area contributed by atoms with Gasteiger partial charge in [-0.2, -0.15) is 13.2 Å². The third-order valence-corrected chi connectivity index (χ3v) is 5.07. The van der Waals surface area contributed by atoms with Crippen LogP contribution in [0.5, 0.6) is 0 Å². The van der Waals surface area contributed by atoms with Gasteiger partial charge in [0, 0.05) is 37.4 Å². The van der Waals surface area contributed by atoms with Crippen LogP contribution in [0, 0.1) is 0 Å². The Morgan fingerprint density at radius 3 is 2.42 bits per heavy atom. The first-order chi connectivity index (χ1) is 17.2. The van der Waals surface area contributed by atoms with E-state index in [0.717, 1.165) is 0 Å². The van der Waals surface area contributed by atoms with Gasteiger partial charge in [0.15, 0.2) is 22.8 Å². The van der Waals surface area contributed by atoms with Crippen LogP contribution in [0.15, 0.2) is 24.3 Å². The fraction of sp³-hybridized carbons (Fsp3) is 0.400. The summed E-state index contributed by atoms with van der Waals surface area (Å²) in [5.74, 6) is 0.536. The summed E-state index contributed by atoms with van der Waals surface area (Å²) in [5.41, 5.74) is 1.05. The highest BCUT2D eigenvalue weighted by molar-refractivity contribution is 5.90. The smallest absolute Gasteiger partial charge is 0.408 e. The van der Waals surface area contributed by atoms with Crippen molar-refractivity contribution >= 4 is 34.8 Å². The molecule has 0 unspecified atom stereocenters. The number of rotatable bonds is 7. The third kappa shape index (κ3) is 6.26. The van der Waals surface area contributed by atoms with Crippen molar-refractivity contribution in [1.82, 2.24) is 35.6 Å². The van der Waals surface area contributed by atoms with E-state index in [1.54, 1.807) is 24.3 Å². The van der Waals surface area contributed by atoms with Gasteiger partial charge >= 0.3 is 18.3 Å². The SMILES string of the molecule is O=C(O)NCCNC(=O)Nc1ccc(-c2nc(N3CCOCC3)c3nnn(CC(F)(F)F)c3n2)cc1. The number of benzene rings is 1. The van der Waals surface area contributed by atoms with E-state index in [9.17, 15) is 22.8 Å². The van der Waals surface area contributed by atoms with E-state index in [4.69, 9.17) is 9.84 Å². The van der Waals surface area contributed by atoms with E-state index in [0.29, 0.717) is 48.1 Å². The lowest BCUT2D eigenvalue weighted by Gasteiger charge is -2.28. The standard InChI is InChI=1S/C20H22F3N9O4/c21-20(22,23)11-32-17-14(29-30-32)16(31-7-9-36-10-8-31)27-15(28-17)12-1-3-13(4-2-12)26-18(33)24-5-6-25-19(34)35/h1-4,25H,5-11H2,(H,34,35)(H2,24,26,33). The Hall–Kier alpha value is -4.21. The maximum absolute atomic E-state index is 13.1. The zero-order valence-corrected chi connectivity index (χ0v) is 18.7. The minimum absolute atomic E-state index is 0.0460. The quantitative estimate of drug-likeness (QED) is 0.348. The molecule has 4 rings (SSSR count). The molecule has 16 heteroatoms. The Morgan fingerprint density at radius 2 is 1.75 bits per heavy atom. The zero-order valence-electron chi connectivity index (χ0n) is 18.7. The highest BCUT2D eigenvalue weighted by Gasteiger charge is 2.31. The lowest BCUT2D eigenvalue weighted by Crippen LogP contribution is -2.37. The number of morpholine rings is 1. The number of aromatic nitrogens is 5. The Kier molecular flexibility index (Phi) is 7.33. The van der Waals surface area contributed by atoms with Crippen LogP contribution in [-0.2, 0) is 11.3 Å². The highest BCUT2D eigenvalue weighted by atomic mass is 19.4. The molecule has 4 N–H and O–H groups in total. The minimum atomic E-state index is -4.51. The predicted molar refractivity (Wildman–Crippen MR) is 121 cm³/mol. The number of hydrogen-bond acceptors (Lipinski definition) is 8. The highest BCUT2D eigenvalue weighted by Crippen LogP contribution is 2.28. The van der Waals surface area contributed by atoms with Crippen LogP contribution in [0.2, 0.25) is 0 Å². The summed E-state index contributed by atoms with van der Waals surface area (Å²) >= 11 is 0. The number of carbonyl (C=O) groups is 2. The normalized spacial score (nSPS) is 14.0. The van der Waals surface area contributed by atoms with Crippen LogP contribution in [-0.4, -0.2) is 87.8 Å². The van der Waals surface area contributed by atoms with Crippen molar-refractivity contribution in [2.24, 2.45) is 0 Å². The predicted octanol–water partition coefficient (Wildman–Crippen LogP) is 1.68. The number of ether oxygens (including phenoxy) is 1. The molecular weight excluding hydrogens is 487 g/mol. The summed E-state index contributed by atoms with van der Waals surface area (Å²) < 4.78 is 45.3. The summed E-state index contributed by atoms with van der Waals surface area (Å²) in [6.45, 7) is 0.636. The van der Waals surface area contributed by atoms with Gasteiger partial charge in [-0.05, 0) is 24.3 Å². The van der Waals surface area contributed by atoms with Crippen molar-refractivity contribution in [2.75, 3.05) is 49.6 Å². The van der Waals surface area contributed by atoms with Crippen molar-refractivity contribution in [3.05, 3.63) is 24.3 Å². The first-order valence-corrected chi connectivity index (χ1v) is 10.8. The van der Waals surface area contributed by atoms with Crippen LogP contribution in [0.25, 0.3) is 22.6 Å². The molecule has 0 aliphatic carbocycles. The van der Waals surface area contributed by atoms with Gasteiger partial charge in [0.05, 0.1) is 13.2 Å². The second-order valence-corrected chi connectivity index (χ2v) is 7.69. The Balaban J connectivity index is 1.57. The van der Waals surface area contributed by atoms with E-state index >= 15 is 0 Å². The van der Waals surface area contributed by atoms with E-state index in [-0.39, 0.29) is 30.1 Å². The summed E-state index contributed by atoms with van der Waals surface area (Å²) in [5, 5.41) is 23.3. The second kappa shape index (κ2) is 10.6. The van der Waals surface area contributed by atoms with Crippen molar-refractivity contribution < 1.29 is 32.6 Å². The molecule has 1 aromatic carbocycles. The van der Waals surface area contributed by atoms with Gasteiger partial charge in [0.1, 0.15) is 6.54 Å². The molecule has 0 radical (unpaired) electrons. The average Bonchev–Trinajstić information content (AvgIpc) is 3.23. The monoisotopic (exact) mass is 509 g/mol. The van der Waals surface area contributed by atoms with Gasteiger partial charge in [-0.1, -0.05) is 5.21 Å². The molecule has 1 saturated heterocycles. The number of nitrogens with zero attached hydrogens (tertiary/aromatic N) is 6. The van der Waals surface area contributed by atoms with Crippen molar-refractivity contribution in [2.45, 2.75) is 12.7 Å². The molecular formula is C20H22F3N9O4. The van der Waals surface area contributed by atoms with Gasteiger partial charge < -0.3 is 30.7 Å². The molecule has 0 bridgehead atoms. The average molecular weight is 509 g/mol. The molecule has 3 aromatic rings. The van der Waals surface area contributed by atoms with Gasteiger partial charge in [-0.25, -0.2) is 24.2 Å². The minimum Gasteiger partial charge on any atom is -0.465 e. The van der Waals surface area contributed by atoms with E-state index in [1.807, 2.05) is 4.90 Å². The molecule has 1 aliphatic rings. The number of nitrogens with one attached hydrogen (secondary N) is 3. The number of fused-ring (bicyclic) bond motifs is 1. The summed E-state index contributed by atoms with van der Waals surface area (Å²) in [6.07, 6.45) is -5.70. The van der Waals surface area contributed by atoms with Crippen LogP contribution >= 0.6 is 0 Å². The summed E-state index contributed by atoms with van der Waals surface area (Å²) in [6, 6.07) is 5.85. The van der Waals surface area contributed by atoms with Crippen LogP contribution in [0.4, 0.5) is 34.3 Å². The number of amides is 3. The molecule has 1 fully saturated rings. The first kappa shape index (κ1) is 24.9. The van der Waals surface area contributed by atoms with E-state index in [2.05, 4.69) is 36.2 Å². The number of anilines is 2. The number of hydrogen-bond donors (Lipinski definition) is 4. The Bertz CT molecular complexity index is 1230. The molecule has 0 atom stereocenters. The topological polar surface area (TPSA) is 159 Å². The van der Waals surface area contributed by atoms with E-state index < -0.39 is 24.8 Å². The first-order valence-electron chi connectivity index (χ1n) is 10.8. The molecule has 13 nitrogen and oxygen atoms in total. The lowest BCUT2D eigenvalue weighted by atomic mass is 10.2. The van der Waals surface area contributed by atoms with E-state index in [1.165, 1.54) is 0 Å². The van der Waals surface area contributed by atoms with Crippen LogP contribution in [0.3, 0.4) is 0 Å². The number of alkyl halides is 3. The molecule has 2 aromatic heterocycles. The molecule has 1 aliphatic heterocycles. The Morgan fingerprint density at radius 1 is 1.06 bits per heavy atom. The maximum atomic E-state index is 13.1. The molecule has 3 heterocycles. The fourth-order valence-corrected chi connectivity index (χ4v) is 3.47. The lowest BCUT2D eigenvalue weighted by molar-refractivity contribution is -0.142. The number of urea groups is 1. The largest absolute Gasteiger partial charge is 0.465 e.